The molecule has 2 N–H and O–H groups in total. The molecule has 0 amide bonds. The largest absolute Gasteiger partial charge is 0.377 e. The standard InChI is InChI=1S/C19H34N4OS/c1-6-16-23-15(13-25-16)12-22-18(20-7-2)21-11-14-9-8-10-24-17(14)19(3,4)5/h13-14,17H,6-12H2,1-5H3,(H2,20,21,22). The molecule has 25 heavy (non-hydrogen) atoms. The first-order valence-electron chi connectivity index (χ1n) is 9.51. The van der Waals surface area contributed by atoms with Crippen LogP contribution in [0.3, 0.4) is 0 Å². The van der Waals surface area contributed by atoms with Crippen molar-refractivity contribution in [2.45, 2.75) is 66.5 Å². The fourth-order valence-corrected chi connectivity index (χ4v) is 4.06. The average molecular weight is 367 g/mol. The first-order valence-corrected chi connectivity index (χ1v) is 10.4. The van der Waals surface area contributed by atoms with Gasteiger partial charge in [-0.1, -0.05) is 27.7 Å². The topological polar surface area (TPSA) is 58.5 Å². The first-order chi connectivity index (χ1) is 11.9. The predicted octanol–water partition coefficient (Wildman–Crippen LogP) is 3.60. The predicted molar refractivity (Wildman–Crippen MR) is 106 cm³/mol. The van der Waals surface area contributed by atoms with Gasteiger partial charge in [-0.15, -0.1) is 11.3 Å². The van der Waals surface area contributed by atoms with Crippen LogP contribution in [0.25, 0.3) is 0 Å². The van der Waals surface area contributed by atoms with Gasteiger partial charge in [0, 0.05) is 31.0 Å². The Morgan fingerprint density at radius 2 is 2.16 bits per heavy atom. The van der Waals surface area contributed by atoms with Crippen LogP contribution in [0.4, 0.5) is 0 Å². The van der Waals surface area contributed by atoms with E-state index in [1.807, 2.05) is 0 Å². The zero-order valence-corrected chi connectivity index (χ0v) is 17.2. The third-order valence-electron chi connectivity index (χ3n) is 4.48. The molecule has 1 aromatic rings. The first kappa shape index (κ1) is 20.2. The third-order valence-corrected chi connectivity index (χ3v) is 5.52. The molecule has 1 saturated heterocycles. The highest BCUT2D eigenvalue weighted by atomic mass is 32.1. The van der Waals surface area contributed by atoms with Crippen molar-refractivity contribution in [1.29, 1.82) is 0 Å². The van der Waals surface area contributed by atoms with E-state index in [2.05, 4.69) is 55.6 Å². The Labute approximate surface area is 156 Å². The molecular formula is C19H34N4OS. The quantitative estimate of drug-likeness (QED) is 0.596. The zero-order valence-electron chi connectivity index (χ0n) is 16.4. The normalized spacial score (nSPS) is 22.0. The minimum absolute atomic E-state index is 0.166. The molecular weight excluding hydrogens is 332 g/mol. The molecule has 2 rings (SSSR count). The van der Waals surface area contributed by atoms with Gasteiger partial charge in [-0.3, -0.25) is 0 Å². The fourth-order valence-electron chi connectivity index (χ4n) is 3.32. The molecule has 6 heteroatoms. The molecule has 0 bridgehead atoms. The Morgan fingerprint density at radius 3 is 2.80 bits per heavy atom. The van der Waals surface area contributed by atoms with Crippen molar-refractivity contribution in [2.75, 3.05) is 19.7 Å². The SMILES string of the molecule is CCNC(=NCc1csc(CC)n1)NCC1CCCOC1C(C)(C)C. The highest BCUT2D eigenvalue weighted by Crippen LogP contribution is 2.33. The van der Waals surface area contributed by atoms with Crippen molar-refractivity contribution < 1.29 is 4.74 Å². The van der Waals surface area contributed by atoms with Crippen molar-refractivity contribution in [3.05, 3.63) is 16.1 Å². The average Bonchev–Trinajstić information content (AvgIpc) is 3.05. The number of guanidine groups is 1. The summed E-state index contributed by atoms with van der Waals surface area (Å²) in [7, 11) is 0. The highest BCUT2D eigenvalue weighted by molar-refractivity contribution is 7.09. The molecule has 1 aromatic heterocycles. The lowest BCUT2D eigenvalue weighted by Crippen LogP contribution is -2.47. The number of nitrogens with one attached hydrogen (secondary N) is 2. The summed E-state index contributed by atoms with van der Waals surface area (Å²) in [5.41, 5.74) is 1.21. The summed E-state index contributed by atoms with van der Waals surface area (Å²) in [5, 5.41) is 10.1. The number of aryl methyl sites for hydroxylation is 1. The number of nitrogens with zero attached hydrogens (tertiary/aromatic N) is 2. The molecule has 2 heterocycles. The number of thiazole rings is 1. The molecule has 1 fully saturated rings. The molecule has 0 aromatic carbocycles. The maximum absolute atomic E-state index is 6.08. The fraction of sp³-hybridized carbons (Fsp3) is 0.789. The van der Waals surface area contributed by atoms with Gasteiger partial charge < -0.3 is 15.4 Å². The Kier molecular flexibility index (Phi) is 7.69. The summed E-state index contributed by atoms with van der Waals surface area (Å²) < 4.78 is 6.08. The van der Waals surface area contributed by atoms with Crippen LogP contribution in [-0.4, -0.2) is 36.7 Å². The number of aliphatic imine (C=N–C) groups is 1. The second-order valence-electron chi connectivity index (χ2n) is 7.72. The summed E-state index contributed by atoms with van der Waals surface area (Å²) >= 11 is 1.72. The van der Waals surface area contributed by atoms with E-state index in [4.69, 9.17) is 9.73 Å². The molecule has 2 atom stereocenters. The molecule has 0 radical (unpaired) electrons. The van der Waals surface area contributed by atoms with Gasteiger partial charge in [-0.2, -0.15) is 0 Å². The van der Waals surface area contributed by atoms with Crippen LogP contribution in [0.2, 0.25) is 0 Å². The zero-order chi connectivity index (χ0) is 18.3. The minimum Gasteiger partial charge on any atom is -0.377 e. The maximum Gasteiger partial charge on any atom is 0.191 e. The molecule has 0 aliphatic carbocycles. The van der Waals surface area contributed by atoms with Gasteiger partial charge in [0.15, 0.2) is 5.96 Å². The van der Waals surface area contributed by atoms with Crippen molar-refractivity contribution in [3.8, 4) is 0 Å². The van der Waals surface area contributed by atoms with E-state index < -0.39 is 0 Å². The Bertz CT molecular complexity index is 550. The lowest BCUT2D eigenvalue weighted by molar-refractivity contribution is -0.0835. The van der Waals surface area contributed by atoms with Crippen molar-refractivity contribution in [1.82, 2.24) is 15.6 Å². The van der Waals surface area contributed by atoms with Crippen LogP contribution in [0.5, 0.6) is 0 Å². The number of rotatable bonds is 6. The van der Waals surface area contributed by atoms with E-state index in [9.17, 15) is 0 Å². The molecule has 1 aliphatic heterocycles. The highest BCUT2D eigenvalue weighted by Gasteiger charge is 2.35. The maximum atomic E-state index is 6.08. The summed E-state index contributed by atoms with van der Waals surface area (Å²) in [5.74, 6) is 1.38. The van der Waals surface area contributed by atoms with Gasteiger partial charge in [-0.25, -0.2) is 9.98 Å². The van der Waals surface area contributed by atoms with Gasteiger partial charge in [0.05, 0.1) is 23.4 Å². The minimum atomic E-state index is 0.166. The van der Waals surface area contributed by atoms with Crippen LogP contribution in [0.1, 0.15) is 58.2 Å². The van der Waals surface area contributed by atoms with Crippen molar-refractivity contribution in [3.63, 3.8) is 0 Å². The lowest BCUT2D eigenvalue weighted by atomic mass is 9.78. The van der Waals surface area contributed by atoms with Crippen LogP contribution in [0.15, 0.2) is 10.4 Å². The van der Waals surface area contributed by atoms with E-state index in [1.165, 1.54) is 11.4 Å². The van der Waals surface area contributed by atoms with Crippen molar-refractivity contribution in [2.24, 2.45) is 16.3 Å². The van der Waals surface area contributed by atoms with E-state index in [0.717, 1.165) is 44.2 Å². The number of hydrogen-bond acceptors (Lipinski definition) is 4. The van der Waals surface area contributed by atoms with E-state index in [-0.39, 0.29) is 5.41 Å². The number of ether oxygens (including phenoxy) is 1. The van der Waals surface area contributed by atoms with E-state index in [1.54, 1.807) is 11.3 Å². The smallest absolute Gasteiger partial charge is 0.191 e. The molecule has 5 nitrogen and oxygen atoms in total. The molecule has 1 aliphatic rings. The Balaban J connectivity index is 1.94. The van der Waals surface area contributed by atoms with Crippen molar-refractivity contribution >= 4 is 17.3 Å². The van der Waals surface area contributed by atoms with Gasteiger partial charge in [-0.05, 0) is 31.6 Å². The summed E-state index contributed by atoms with van der Waals surface area (Å²) in [6.45, 7) is 14.3. The summed E-state index contributed by atoms with van der Waals surface area (Å²) in [4.78, 5) is 9.29. The second kappa shape index (κ2) is 9.53. The van der Waals surface area contributed by atoms with Gasteiger partial charge in [0.25, 0.3) is 0 Å². The summed E-state index contributed by atoms with van der Waals surface area (Å²) in [6, 6.07) is 0. The van der Waals surface area contributed by atoms with Gasteiger partial charge >= 0.3 is 0 Å². The molecule has 2 unspecified atom stereocenters. The molecule has 142 valence electrons. The summed E-state index contributed by atoms with van der Waals surface area (Å²) in [6.07, 6.45) is 3.64. The van der Waals surface area contributed by atoms with E-state index in [0.29, 0.717) is 18.6 Å². The van der Waals surface area contributed by atoms with Crippen LogP contribution in [0, 0.1) is 11.3 Å². The number of hydrogen-bond donors (Lipinski definition) is 2. The van der Waals surface area contributed by atoms with Crippen LogP contribution < -0.4 is 10.6 Å². The van der Waals surface area contributed by atoms with Gasteiger partial charge in [0.2, 0.25) is 0 Å². The number of aromatic nitrogens is 1. The molecule has 0 spiro atoms. The van der Waals surface area contributed by atoms with Crippen LogP contribution in [-0.2, 0) is 17.7 Å². The van der Waals surface area contributed by atoms with E-state index >= 15 is 0 Å². The monoisotopic (exact) mass is 366 g/mol. The second-order valence-corrected chi connectivity index (χ2v) is 8.66. The lowest BCUT2D eigenvalue weighted by Gasteiger charge is -2.40. The Hall–Kier alpha value is -1.14. The Morgan fingerprint density at radius 1 is 1.36 bits per heavy atom. The van der Waals surface area contributed by atoms with Crippen LogP contribution >= 0.6 is 11.3 Å². The van der Waals surface area contributed by atoms with Gasteiger partial charge in [0.1, 0.15) is 0 Å². The third kappa shape index (κ3) is 6.26. The molecule has 0 saturated carbocycles.